The Kier molecular flexibility index (Phi) is 9.12. The van der Waals surface area contributed by atoms with Gasteiger partial charge in [-0.1, -0.05) is 99.5 Å². The van der Waals surface area contributed by atoms with Crippen molar-refractivity contribution in [3.05, 3.63) is 122 Å². The van der Waals surface area contributed by atoms with Crippen LogP contribution in [0.3, 0.4) is 0 Å². The molecule has 0 aliphatic heterocycles. The van der Waals surface area contributed by atoms with Crippen molar-refractivity contribution in [2.24, 2.45) is 5.41 Å². The third kappa shape index (κ3) is 6.15. The Labute approximate surface area is 282 Å². The number of benzene rings is 4. The van der Waals surface area contributed by atoms with Crippen LogP contribution >= 0.6 is 23.4 Å². The van der Waals surface area contributed by atoms with Gasteiger partial charge < -0.3 is 9.41 Å². The van der Waals surface area contributed by atoms with Crippen LogP contribution in [0.5, 0.6) is 0 Å². The zero-order valence-corrected chi connectivity index (χ0v) is 29.4. The lowest BCUT2D eigenvalue weighted by Crippen LogP contribution is -2.67. The predicted octanol–water partition coefficient (Wildman–Crippen LogP) is 7.96. The number of H-pyrrole nitrogens is 2. The molecule has 4 aromatic carbocycles. The van der Waals surface area contributed by atoms with Gasteiger partial charge in [0.05, 0.1) is 15.9 Å². The number of aryl methyl sites for hydroxylation is 1. The second-order valence-corrected chi connectivity index (χ2v) is 19.3. The number of rotatable bonds is 9. The first-order chi connectivity index (χ1) is 22.3. The number of hydrogen-bond acceptors (Lipinski definition) is 4. The Morgan fingerprint density at radius 3 is 2.09 bits per heavy atom. The second-order valence-electron chi connectivity index (χ2n) is 13.6. The van der Waals surface area contributed by atoms with Crippen molar-refractivity contribution in [3.63, 3.8) is 0 Å². The van der Waals surface area contributed by atoms with Crippen LogP contribution in [-0.4, -0.2) is 30.6 Å². The first-order valence-electron chi connectivity index (χ1n) is 15.7. The first kappa shape index (κ1) is 33.4. The summed E-state index contributed by atoms with van der Waals surface area (Å²) in [7, 11) is -2.80. The highest BCUT2D eigenvalue weighted by Gasteiger charge is 2.52. The summed E-state index contributed by atoms with van der Waals surface area (Å²) in [4.78, 5) is 31.1. The minimum absolute atomic E-state index is 0.102. The molecule has 1 fully saturated rings. The van der Waals surface area contributed by atoms with E-state index in [0.717, 1.165) is 25.3 Å². The molecular formula is C37H37ClF2N2O3SSi. The van der Waals surface area contributed by atoms with Crippen LogP contribution in [0.2, 0.25) is 10.1 Å². The van der Waals surface area contributed by atoms with Crippen molar-refractivity contribution >= 4 is 53.0 Å². The monoisotopic (exact) mass is 690 g/mol. The maximum atomic E-state index is 15.4. The quantitative estimate of drug-likeness (QED) is 0.0935. The number of aromatic amines is 2. The molecule has 0 spiro atoms. The maximum absolute atomic E-state index is 15.4. The van der Waals surface area contributed by atoms with Gasteiger partial charge in [-0.25, -0.2) is 13.6 Å². The van der Waals surface area contributed by atoms with Crippen LogP contribution in [0.1, 0.15) is 45.6 Å². The van der Waals surface area contributed by atoms with E-state index in [4.69, 9.17) is 16.0 Å². The minimum Gasteiger partial charge on any atom is -0.407 e. The molecule has 6 rings (SSSR count). The van der Waals surface area contributed by atoms with Crippen LogP contribution in [0.25, 0.3) is 22.0 Å². The normalized spacial score (nSPS) is 14.7. The molecule has 244 valence electrons. The summed E-state index contributed by atoms with van der Waals surface area (Å²) in [5, 5.41) is 2.29. The van der Waals surface area contributed by atoms with Crippen molar-refractivity contribution in [1.29, 1.82) is 0 Å². The molecule has 1 saturated carbocycles. The first-order valence-corrected chi connectivity index (χ1v) is 19.0. The topological polar surface area (TPSA) is 75.0 Å². The number of nitrogens with one attached hydrogen (secondary N) is 2. The number of fused-ring (bicyclic) bond motifs is 1. The molecule has 2 N–H and O–H groups in total. The lowest BCUT2D eigenvalue weighted by atomic mass is 9.71. The summed E-state index contributed by atoms with van der Waals surface area (Å²) < 4.78 is 37.0. The fourth-order valence-electron chi connectivity index (χ4n) is 6.85. The Morgan fingerprint density at radius 1 is 0.915 bits per heavy atom. The smallest absolute Gasteiger partial charge is 0.326 e. The molecule has 0 amide bonds. The van der Waals surface area contributed by atoms with Gasteiger partial charge in [0, 0.05) is 39.9 Å². The van der Waals surface area contributed by atoms with Crippen molar-refractivity contribution < 1.29 is 13.2 Å². The van der Waals surface area contributed by atoms with Gasteiger partial charge in [-0.3, -0.25) is 9.78 Å². The molecular weight excluding hydrogens is 654 g/mol. The molecule has 10 heteroatoms. The summed E-state index contributed by atoms with van der Waals surface area (Å²) in [5.41, 5.74) is 0.0791. The predicted molar refractivity (Wildman–Crippen MR) is 191 cm³/mol. The van der Waals surface area contributed by atoms with Crippen LogP contribution in [0.4, 0.5) is 8.78 Å². The Bertz CT molecular complexity index is 2020. The zero-order chi connectivity index (χ0) is 33.6. The third-order valence-corrected chi connectivity index (χ3v) is 16.1. The number of hydrogen-bond donors (Lipinski definition) is 2. The molecule has 1 aliphatic carbocycles. The SMILES string of the molecule is Cc1cc2c(=O)[nH]c(=O)[nH]c2c(SCC2(CO[Si](c3ccccc3)(c3ccccc3)C(C)(C)C)CCC2)c1-c1cc(Cl)c(F)cc1F. The third-order valence-electron chi connectivity index (χ3n) is 9.42. The molecule has 1 aromatic heterocycles. The van der Waals surface area contributed by atoms with Gasteiger partial charge in [0.2, 0.25) is 0 Å². The van der Waals surface area contributed by atoms with E-state index in [1.807, 2.05) is 12.1 Å². The van der Waals surface area contributed by atoms with Crippen LogP contribution < -0.4 is 21.6 Å². The van der Waals surface area contributed by atoms with Crippen molar-refractivity contribution in [3.8, 4) is 11.1 Å². The molecule has 0 radical (unpaired) electrons. The summed E-state index contributed by atoms with van der Waals surface area (Å²) in [6.45, 7) is 9.04. The van der Waals surface area contributed by atoms with Crippen LogP contribution in [0, 0.1) is 24.0 Å². The van der Waals surface area contributed by atoms with Gasteiger partial charge in [0.1, 0.15) is 11.6 Å². The van der Waals surface area contributed by atoms with Gasteiger partial charge in [0.15, 0.2) is 0 Å². The van der Waals surface area contributed by atoms with Crippen molar-refractivity contribution in [2.75, 3.05) is 12.4 Å². The lowest BCUT2D eigenvalue weighted by molar-refractivity contribution is 0.0769. The average Bonchev–Trinajstić information content (AvgIpc) is 3.01. The lowest BCUT2D eigenvalue weighted by Gasteiger charge is -2.48. The molecule has 0 unspecified atom stereocenters. The maximum Gasteiger partial charge on any atom is 0.326 e. The van der Waals surface area contributed by atoms with E-state index < -0.39 is 31.2 Å². The van der Waals surface area contributed by atoms with E-state index in [9.17, 15) is 14.0 Å². The summed E-state index contributed by atoms with van der Waals surface area (Å²) in [6.07, 6.45) is 2.92. The van der Waals surface area contributed by atoms with Gasteiger partial charge >= 0.3 is 5.69 Å². The Hall–Kier alpha value is -3.50. The van der Waals surface area contributed by atoms with E-state index in [2.05, 4.69) is 79.3 Å². The fourth-order valence-corrected chi connectivity index (χ4v) is 13.2. The second kappa shape index (κ2) is 12.8. The highest BCUT2D eigenvalue weighted by Crippen LogP contribution is 2.49. The van der Waals surface area contributed by atoms with Gasteiger partial charge in [-0.15, -0.1) is 11.8 Å². The van der Waals surface area contributed by atoms with E-state index >= 15 is 4.39 Å². The Balaban J connectivity index is 1.43. The van der Waals surface area contributed by atoms with Gasteiger partial charge in [-0.2, -0.15) is 0 Å². The molecule has 0 saturated heterocycles. The van der Waals surface area contributed by atoms with E-state index in [1.54, 1.807) is 13.0 Å². The largest absolute Gasteiger partial charge is 0.407 e. The summed E-state index contributed by atoms with van der Waals surface area (Å²) in [5.74, 6) is -1.04. The summed E-state index contributed by atoms with van der Waals surface area (Å²) in [6, 6.07) is 24.7. The summed E-state index contributed by atoms with van der Waals surface area (Å²) >= 11 is 7.60. The zero-order valence-electron chi connectivity index (χ0n) is 26.8. The molecule has 5 aromatic rings. The minimum atomic E-state index is -2.80. The van der Waals surface area contributed by atoms with Crippen molar-refractivity contribution in [2.45, 2.75) is 56.9 Å². The molecule has 1 aliphatic rings. The standard InChI is InChI=1S/C37H37ClF2N2O3SSi/c1-23-18-27-32(41-35(44)42-34(27)43)33(31(23)26-19-28(38)30(40)20-29(26)39)46-22-37(16-11-17-37)21-45-47(36(2,3)4,24-12-7-5-8-13-24)25-14-9-6-10-15-25/h5-10,12-15,18-20H,11,16-17,21-22H2,1-4H3,(H2,41,42,43,44). The van der Waals surface area contributed by atoms with E-state index in [0.29, 0.717) is 33.9 Å². The molecule has 0 atom stereocenters. The highest BCUT2D eigenvalue weighted by atomic mass is 35.5. The average molecular weight is 691 g/mol. The Morgan fingerprint density at radius 2 is 1.53 bits per heavy atom. The number of aromatic nitrogens is 2. The highest BCUT2D eigenvalue weighted by molar-refractivity contribution is 7.99. The van der Waals surface area contributed by atoms with E-state index in [1.165, 1.54) is 28.2 Å². The molecule has 47 heavy (non-hydrogen) atoms. The number of thioether (sulfide) groups is 1. The van der Waals surface area contributed by atoms with Crippen molar-refractivity contribution in [1.82, 2.24) is 9.97 Å². The van der Waals surface area contributed by atoms with Gasteiger partial charge in [-0.05, 0) is 52.9 Å². The fraction of sp³-hybridized carbons (Fsp3) is 0.297. The number of halogens is 3. The molecule has 0 bridgehead atoms. The van der Waals surface area contributed by atoms with Crippen LogP contribution in [0.15, 0.2) is 93.3 Å². The molecule has 5 nitrogen and oxygen atoms in total. The van der Waals surface area contributed by atoms with E-state index in [-0.39, 0.29) is 26.4 Å². The van der Waals surface area contributed by atoms with Crippen LogP contribution in [-0.2, 0) is 4.43 Å². The molecule has 1 heterocycles. The van der Waals surface area contributed by atoms with Gasteiger partial charge in [0.25, 0.3) is 13.9 Å².